The first-order valence-electron chi connectivity index (χ1n) is 8.97. The topological polar surface area (TPSA) is 68.9 Å². The van der Waals surface area contributed by atoms with Crippen molar-refractivity contribution in [2.75, 3.05) is 18.5 Å². The summed E-state index contributed by atoms with van der Waals surface area (Å²) < 4.78 is 38.9. The Labute approximate surface area is 180 Å². The van der Waals surface area contributed by atoms with Crippen molar-refractivity contribution in [3.05, 3.63) is 53.6 Å². The standard InChI is InChI=1S/C20H23F2N3O2.HI/c1-3-26-12-8-9-18(27-4-2)17(10-12)25-20(23)24-16-11-13(16)19-14(21)6-5-7-15(19)22;/h5-10,13,16H,3-4,11H2,1-2H3,(H3,23,24,25);1H. The number of nitrogens with one attached hydrogen (secondary N) is 1. The highest BCUT2D eigenvalue weighted by atomic mass is 127. The third kappa shape index (κ3) is 5.24. The van der Waals surface area contributed by atoms with Crippen LogP contribution in [0.2, 0.25) is 0 Å². The lowest BCUT2D eigenvalue weighted by Gasteiger charge is -2.14. The average Bonchev–Trinajstić information content (AvgIpc) is 3.36. The van der Waals surface area contributed by atoms with E-state index >= 15 is 0 Å². The number of hydrogen-bond acceptors (Lipinski definition) is 3. The molecule has 0 radical (unpaired) electrons. The molecule has 2 aromatic rings. The summed E-state index contributed by atoms with van der Waals surface area (Å²) in [6.07, 6.45) is 0.553. The summed E-state index contributed by atoms with van der Waals surface area (Å²) in [5, 5.41) is 3.00. The highest BCUT2D eigenvalue weighted by molar-refractivity contribution is 14.0. The van der Waals surface area contributed by atoms with E-state index < -0.39 is 11.6 Å². The summed E-state index contributed by atoms with van der Waals surface area (Å²) in [6, 6.07) is 8.99. The van der Waals surface area contributed by atoms with Crippen LogP contribution < -0.4 is 20.5 Å². The first kappa shape index (κ1) is 22.2. The number of ether oxygens (including phenoxy) is 2. The van der Waals surface area contributed by atoms with Gasteiger partial charge in [-0.2, -0.15) is 0 Å². The number of guanidine groups is 1. The van der Waals surface area contributed by atoms with Crippen LogP contribution in [0.1, 0.15) is 31.7 Å². The molecule has 1 aliphatic rings. The second-order valence-electron chi connectivity index (χ2n) is 6.21. The van der Waals surface area contributed by atoms with Crippen molar-refractivity contribution in [2.24, 2.45) is 10.7 Å². The summed E-state index contributed by atoms with van der Waals surface area (Å²) in [7, 11) is 0. The van der Waals surface area contributed by atoms with Crippen LogP contribution in [0, 0.1) is 11.6 Å². The van der Waals surface area contributed by atoms with Gasteiger partial charge in [0, 0.05) is 17.5 Å². The minimum atomic E-state index is -0.549. The number of halogens is 3. The molecule has 0 aromatic heterocycles. The maximum absolute atomic E-state index is 13.9. The molecule has 3 N–H and O–H groups in total. The number of hydrogen-bond donors (Lipinski definition) is 2. The largest absolute Gasteiger partial charge is 0.494 e. The molecule has 1 aliphatic carbocycles. The van der Waals surface area contributed by atoms with Crippen LogP contribution in [0.5, 0.6) is 11.5 Å². The molecule has 2 atom stereocenters. The van der Waals surface area contributed by atoms with E-state index in [1.54, 1.807) is 12.1 Å². The summed E-state index contributed by atoms with van der Waals surface area (Å²) in [5.41, 5.74) is 6.71. The molecule has 28 heavy (non-hydrogen) atoms. The lowest BCUT2D eigenvalue weighted by atomic mass is 10.1. The van der Waals surface area contributed by atoms with Gasteiger partial charge in [-0.15, -0.1) is 24.0 Å². The van der Waals surface area contributed by atoms with E-state index in [0.717, 1.165) is 0 Å². The number of rotatable bonds is 7. The van der Waals surface area contributed by atoms with Gasteiger partial charge in [0.15, 0.2) is 5.96 Å². The van der Waals surface area contributed by atoms with Crippen LogP contribution in [0.4, 0.5) is 14.5 Å². The van der Waals surface area contributed by atoms with E-state index in [2.05, 4.69) is 10.3 Å². The zero-order chi connectivity index (χ0) is 19.4. The van der Waals surface area contributed by atoms with E-state index in [1.165, 1.54) is 18.2 Å². The van der Waals surface area contributed by atoms with Crippen molar-refractivity contribution < 1.29 is 18.3 Å². The van der Waals surface area contributed by atoms with Crippen LogP contribution in [0.15, 0.2) is 41.4 Å². The summed E-state index contributed by atoms with van der Waals surface area (Å²) in [6.45, 7) is 4.82. The Morgan fingerprint density at radius 1 is 1.14 bits per heavy atom. The van der Waals surface area contributed by atoms with Crippen molar-refractivity contribution >= 4 is 35.6 Å². The minimum absolute atomic E-state index is 0. The average molecular weight is 503 g/mol. The van der Waals surface area contributed by atoms with Gasteiger partial charge in [-0.1, -0.05) is 6.07 Å². The highest BCUT2D eigenvalue weighted by Gasteiger charge is 2.42. The molecular weight excluding hydrogens is 479 g/mol. The molecule has 152 valence electrons. The maximum Gasteiger partial charge on any atom is 0.193 e. The molecular formula is C20H24F2IN3O2. The SMILES string of the molecule is CCOc1ccc(OCC)c(NC(N)=NC2CC2c2c(F)cccc2F)c1.I. The number of aliphatic imine (C=N–C) groups is 1. The molecule has 0 bridgehead atoms. The number of benzene rings is 2. The second kappa shape index (κ2) is 9.90. The van der Waals surface area contributed by atoms with Crippen LogP contribution in [0.3, 0.4) is 0 Å². The van der Waals surface area contributed by atoms with Crippen LogP contribution in [-0.2, 0) is 0 Å². The van der Waals surface area contributed by atoms with Gasteiger partial charge in [0.2, 0.25) is 0 Å². The zero-order valence-electron chi connectivity index (χ0n) is 15.7. The van der Waals surface area contributed by atoms with Gasteiger partial charge >= 0.3 is 0 Å². The monoisotopic (exact) mass is 503 g/mol. The van der Waals surface area contributed by atoms with E-state index in [-0.39, 0.29) is 47.5 Å². The van der Waals surface area contributed by atoms with Gasteiger partial charge in [-0.25, -0.2) is 13.8 Å². The smallest absolute Gasteiger partial charge is 0.193 e. The fourth-order valence-electron chi connectivity index (χ4n) is 2.99. The highest BCUT2D eigenvalue weighted by Crippen LogP contribution is 2.45. The summed E-state index contributed by atoms with van der Waals surface area (Å²) >= 11 is 0. The normalized spacial score (nSPS) is 18.2. The third-order valence-electron chi connectivity index (χ3n) is 4.26. The van der Waals surface area contributed by atoms with Crippen molar-refractivity contribution in [1.82, 2.24) is 0 Å². The lowest BCUT2D eigenvalue weighted by Crippen LogP contribution is -2.23. The summed E-state index contributed by atoms with van der Waals surface area (Å²) in [4.78, 5) is 4.35. The Morgan fingerprint density at radius 2 is 1.82 bits per heavy atom. The van der Waals surface area contributed by atoms with Crippen LogP contribution >= 0.6 is 24.0 Å². The molecule has 0 aliphatic heterocycles. The Balaban J connectivity index is 0.00000280. The maximum atomic E-state index is 13.9. The first-order chi connectivity index (χ1) is 13.0. The Hall–Kier alpha value is -2.10. The molecule has 0 saturated heterocycles. The van der Waals surface area contributed by atoms with Gasteiger partial charge in [0.05, 0.1) is 24.9 Å². The first-order valence-corrected chi connectivity index (χ1v) is 8.97. The Bertz CT molecular complexity index is 828. The van der Waals surface area contributed by atoms with E-state index in [0.29, 0.717) is 36.8 Å². The summed E-state index contributed by atoms with van der Waals surface area (Å²) in [5.74, 6) is 0.0571. The number of anilines is 1. The molecule has 0 amide bonds. The molecule has 3 rings (SSSR count). The molecule has 8 heteroatoms. The van der Waals surface area contributed by atoms with Gasteiger partial charge < -0.3 is 20.5 Å². The molecule has 2 aromatic carbocycles. The van der Waals surface area contributed by atoms with Gasteiger partial charge in [0.25, 0.3) is 0 Å². The van der Waals surface area contributed by atoms with Gasteiger partial charge in [-0.05, 0) is 44.5 Å². The quantitative estimate of drug-likeness (QED) is 0.328. The van der Waals surface area contributed by atoms with E-state index in [9.17, 15) is 8.78 Å². The van der Waals surface area contributed by atoms with Gasteiger partial charge in [-0.3, -0.25) is 0 Å². The molecule has 5 nitrogen and oxygen atoms in total. The third-order valence-corrected chi connectivity index (χ3v) is 4.26. The van der Waals surface area contributed by atoms with Gasteiger partial charge in [0.1, 0.15) is 23.1 Å². The fraction of sp³-hybridized carbons (Fsp3) is 0.350. The number of nitrogens with zero attached hydrogens (tertiary/aromatic N) is 1. The van der Waals surface area contributed by atoms with Crippen molar-refractivity contribution in [3.8, 4) is 11.5 Å². The fourth-order valence-corrected chi connectivity index (χ4v) is 2.99. The van der Waals surface area contributed by atoms with Crippen molar-refractivity contribution in [1.29, 1.82) is 0 Å². The minimum Gasteiger partial charge on any atom is -0.494 e. The van der Waals surface area contributed by atoms with E-state index in [1.807, 2.05) is 19.9 Å². The van der Waals surface area contributed by atoms with E-state index in [4.69, 9.17) is 15.2 Å². The molecule has 0 spiro atoms. The Kier molecular flexibility index (Phi) is 7.85. The zero-order valence-corrected chi connectivity index (χ0v) is 18.1. The van der Waals surface area contributed by atoms with Crippen molar-refractivity contribution in [3.63, 3.8) is 0 Å². The predicted octanol–water partition coefficient (Wildman–Crippen LogP) is 4.66. The molecule has 1 fully saturated rings. The molecule has 2 unspecified atom stereocenters. The predicted molar refractivity (Wildman–Crippen MR) is 117 cm³/mol. The molecule has 1 saturated carbocycles. The number of nitrogens with two attached hydrogens (primary N) is 1. The second-order valence-corrected chi connectivity index (χ2v) is 6.21. The Morgan fingerprint density at radius 3 is 2.46 bits per heavy atom. The molecule has 0 heterocycles. The van der Waals surface area contributed by atoms with Crippen LogP contribution in [-0.4, -0.2) is 25.2 Å². The van der Waals surface area contributed by atoms with Crippen molar-refractivity contribution in [2.45, 2.75) is 32.2 Å². The van der Waals surface area contributed by atoms with Crippen LogP contribution in [0.25, 0.3) is 0 Å². The lowest BCUT2D eigenvalue weighted by molar-refractivity contribution is 0.332.